The molecular weight excluding hydrogens is 294 g/mol. The van der Waals surface area contributed by atoms with Crippen LogP contribution in [0.1, 0.15) is 6.42 Å². The molecule has 21 heavy (non-hydrogen) atoms. The summed E-state index contributed by atoms with van der Waals surface area (Å²) in [5.74, 6) is -1.42. The summed E-state index contributed by atoms with van der Waals surface area (Å²) in [4.78, 5) is 24.9. The number of nitrogens with zero attached hydrogens (tertiary/aromatic N) is 1. The molecule has 3 N–H and O–H groups in total. The van der Waals surface area contributed by atoms with E-state index in [4.69, 9.17) is 16.7 Å². The van der Waals surface area contributed by atoms with E-state index in [0.29, 0.717) is 23.8 Å². The van der Waals surface area contributed by atoms with Crippen LogP contribution < -0.4 is 10.6 Å². The lowest BCUT2D eigenvalue weighted by Gasteiger charge is -2.16. The highest BCUT2D eigenvalue weighted by molar-refractivity contribution is 6.30. The maximum Gasteiger partial charge on any atom is 0.321 e. The number of hydrogen-bond acceptors (Lipinski definition) is 4. The molecule has 0 fully saturated rings. The Labute approximate surface area is 129 Å². The summed E-state index contributed by atoms with van der Waals surface area (Å²) in [7, 11) is 3.78. The number of benzene rings is 1. The molecule has 1 atom stereocenters. The molecule has 1 aromatic carbocycles. The second kappa shape index (κ2) is 8.61. The Hall–Kier alpha value is -1.63. The van der Waals surface area contributed by atoms with Crippen LogP contribution in [0, 0.1) is 0 Å². The van der Waals surface area contributed by atoms with Gasteiger partial charge in [0.2, 0.25) is 5.91 Å². The monoisotopic (exact) mass is 313 g/mol. The maximum atomic E-state index is 11.9. The van der Waals surface area contributed by atoms with E-state index in [1.165, 1.54) is 0 Å². The molecule has 6 nitrogen and oxygen atoms in total. The Morgan fingerprint density at radius 2 is 2.10 bits per heavy atom. The number of anilines is 1. The van der Waals surface area contributed by atoms with Crippen LogP contribution in [0.15, 0.2) is 24.3 Å². The number of carbonyl (C=O) groups is 2. The number of likely N-dealkylation sites (N-methyl/N-ethyl adjacent to an activating group) is 1. The van der Waals surface area contributed by atoms with Crippen LogP contribution in [0.25, 0.3) is 0 Å². The van der Waals surface area contributed by atoms with Crippen LogP contribution in [0.5, 0.6) is 0 Å². The van der Waals surface area contributed by atoms with Gasteiger partial charge in [-0.1, -0.05) is 17.7 Å². The molecule has 0 saturated heterocycles. The summed E-state index contributed by atoms with van der Waals surface area (Å²) < 4.78 is 0. The fourth-order valence-electron chi connectivity index (χ4n) is 1.67. The molecule has 0 heterocycles. The number of nitrogens with one attached hydrogen (secondary N) is 2. The summed E-state index contributed by atoms with van der Waals surface area (Å²) >= 11 is 5.82. The molecule has 0 spiro atoms. The molecule has 0 unspecified atom stereocenters. The van der Waals surface area contributed by atoms with Crippen LogP contribution >= 0.6 is 11.6 Å². The minimum Gasteiger partial charge on any atom is -0.480 e. The van der Waals surface area contributed by atoms with E-state index < -0.39 is 12.0 Å². The lowest BCUT2D eigenvalue weighted by molar-refractivity contribution is -0.141. The number of hydrogen-bond donors (Lipinski definition) is 3. The van der Waals surface area contributed by atoms with Crippen molar-refractivity contribution in [2.24, 2.45) is 0 Å². The fourth-order valence-corrected chi connectivity index (χ4v) is 1.86. The van der Waals surface area contributed by atoms with Gasteiger partial charge in [0.05, 0.1) is 6.42 Å². The van der Waals surface area contributed by atoms with Crippen molar-refractivity contribution in [1.29, 1.82) is 0 Å². The molecule has 0 aliphatic heterocycles. The number of carboxylic acid groups (broad SMARTS) is 1. The van der Waals surface area contributed by atoms with Gasteiger partial charge in [-0.25, -0.2) is 0 Å². The second-order valence-electron chi connectivity index (χ2n) is 4.91. The first kappa shape index (κ1) is 17.4. The zero-order chi connectivity index (χ0) is 15.8. The molecule has 0 aliphatic rings. The van der Waals surface area contributed by atoms with Crippen molar-refractivity contribution < 1.29 is 14.7 Å². The average Bonchev–Trinajstić information content (AvgIpc) is 2.36. The Morgan fingerprint density at radius 3 is 2.67 bits per heavy atom. The van der Waals surface area contributed by atoms with E-state index in [0.717, 1.165) is 0 Å². The van der Waals surface area contributed by atoms with Crippen molar-refractivity contribution >= 4 is 29.2 Å². The third kappa shape index (κ3) is 7.08. The molecule has 1 aromatic rings. The first-order valence-electron chi connectivity index (χ1n) is 6.55. The van der Waals surface area contributed by atoms with Crippen LogP contribution in [0.4, 0.5) is 5.69 Å². The van der Waals surface area contributed by atoms with E-state index >= 15 is 0 Å². The van der Waals surface area contributed by atoms with Gasteiger partial charge < -0.3 is 20.6 Å². The smallest absolute Gasteiger partial charge is 0.321 e. The van der Waals surface area contributed by atoms with Crippen molar-refractivity contribution in [3.63, 3.8) is 0 Å². The molecule has 116 valence electrons. The number of carbonyl (C=O) groups excluding carboxylic acids is 1. The molecule has 0 saturated carbocycles. The largest absolute Gasteiger partial charge is 0.480 e. The zero-order valence-electron chi connectivity index (χ0n) is 12.1. The van der Waals surface area contributed by atoms with Gasteiger partial charge in [0, 0.05) is 23.8 Å². The van der Waals surface area contributed by atoms with Crippen molar-refractivity contribution in [1.82, 2.24) is 10.2 Å². The van der Waals surface area contributed by atoms with Crippen LogP contribution in [-0.2, 0) is 9.59 Å². The molecule has 0 aromatic heterocycles. The lowest BCUT2D eigenvalue weighted by Crippen LogP contribution is -2.42. The van der Waals surface area contributed by atoms with Gasteiger partial charge in [0.15, 0.2) is 0 Å². The normalized spacial score (nSPS) is 12.2. The zero-order valence-corrected chi connectivity index (χ0v) is 12.9. The van der Waals surface area contributed by atoms with E-state index in [1.54, 1.807) is 24.3 Å². The molecule has 7 heteroatoms. The average molecular weight is 314 g/mol. The van der Waals surface area contributed by atoms with Gasteiger partial charge in [0.1, 0.15) is 6.04 Å². The SMILES string of the molecule is CN(C)CCN[C@@H](CC(=O)Nc1cccc(Cl)c1)C(=O)O. The third-order valence-corrected chi connectivity index (χ3v) is 2.98. The van der Waals surface area contributed by atoms with Crippen molar-refractivity contribution in [3.05, 3.63) is 29.3 Å². The highest BCUT2D eigenvalue weighted by Crippen LogP contribution is 2.15. The van der Waals surface area contributed by atoms with Crippen LogP contribution in [0.3, 0.4) is 0 Å². The highest BCUT2D eigenvalue weighted by Gasteiger charge is 2.20. The Bertz CT molecular complexity index is 494. The number of carboxylic acids is 1. The summed E-state index contributed by atoms with van der Waals surface area (Å²) in [6.07, 6.45) is -0.144. The summed E-state index contributed by atoms with van der Waals surface area (Å²) in [6.45, 7) is 1.19. The van der Waals surface area contributed by atoms with Crippen LogP contribution in [-0.4, -0.2) is 55.1 Å². The van der Waals surface area contributed by atoms with Crippen LogP contribution in [0.2, 0.25) is 5.02 Å². The van der Waals surface area contributed by atoms with Crippen molar-refractivity contribution in [2.45, 2.75) is 12.5 Å². The minimum atomic E-state index is -1.05. The second-order valence-corrected chi connectivity index (χ2v) is 5.35. The lowest BCUT2D eigenvalue weighted by atomic mass is 10.2. The van der Waals surface area contributed by atoms with Gasteiger partial charge in [-0.3, -0.25) is 9.59 Å². The highest BCUT2D eigenvalue weighted by atomic mass is 35.5. The minimum absolute atomic E-state index is 0.144. The number of halogens is 1. The van der Waals surface area contributed by atoms with Crippen molar-refractivity contribution in [2.75, 3.05) is 32.5 Å². The molecule has 0 bridgehead atoms. The van der Waals surface area contributed by atoms with Crippen molar-refractivity contribution in [3.8, 4) is 0 Å². The first-order valence-corrected chi connectivity index (χ1v) is 6.92. The molecule has 1 amide bonds. The molecular formula is C14H20ClN3O3. The quantitative estimate of drug-likeness (QED) is 0.673. The van der Waals surface area contributed by atoms with Gasteiger partial charge >= 0.3 is 5.97 Å². The number of rotatable bonds is 8. The van der Waals surface area contributed by atoms with E-state index in [9.17, 15) is 9.59 Å². The predicted molar refractivity (Wildman–Crippen MR) is 82.7 cm³/mol. The van der Waals surface area contributed by atoms with Gasteiger partial charge in [-0.15, -0.1) is 0 Å². The summed E-state index contributed by atoms with van der Waals surface area (Å²) in [5.41, 5.74) is 0.546. The molecule has 1 rings (SSSR count). The Kier molecular flexibility index (Phi) is 7.14. The molecule has 0 radical (unpaired) electrons. The fraction of sp³-hybridized carbons (Fsp3) is 0.429. The van der Waals surface area contributed by atoms with Gasteiger partial charge in [-0.2, -0.15) is 0 Å². The maximum absolute atomic E-state index is 11.9. The summed E-state index contributed by atoms with van der Waals surface area (Å²) in [6, 6.07) is 5.79. The first-order chi connectivity index (χ1) is 9.88. The molecule has 0 aliphatic carbocycles. The Morgan fingerprint density at radius 1 is 1.38 bits per heavy atom. The number of amides is 1. The standard InChI is InChI=1S/C14H20ClN3O3/c1-18(2)7-6-16-12(14(20)21)9-13(19)17-11-5-3-4-10(15)8-11/h3-5,8,12,16H,6-7,9H2,1-2H3,(H,17,19)(H,20,21)/t12-/m0/s1. The summed E-state index contributed by atoms with van der Waals surface area (Å²) in [5, 5.41) is 15.1. The topological polar surface area (TPSA) is 81.7 Å². The van der Waals surface area contributed by atoms with E-state index in [-0.39, 0.29) is 12.3 Å². The number of aliphatic carboxylic acids is 1. The predicted octanol–water partition coefficient (Wildman–Crippen LogP) is 1.27. The van der Waals surface area contributed by atoms with E-state index in [1.807, 2.05) is 19.0 Å². The Balaban J connectivity index is 2.50. The van der Waals surface area contributed by atoms with E-state index in [2.05, 4.69) is 10.6 Å². The van der Waals surface area contributed by atoms with Gasteiger partial charge in [-0.05, 0) is 32.3 Å². The third-order valence-electron chi connectivity index (χ3n) is 2.75. The van der Waals surface area contributed by atoms with Gasteiger partial charge in [0.25, 0.3) is 0 Å².